The number of unbranched alkanes of at least 4 members (excludes halogenated alkanes) is 2. The van der Waals surface area contributed by atoms with Gasteiger partial charge in [-0.3, -0.25) is 0 Å². The second-order valence-corrected chi connectivity index (χ2v) is 8.21. The van der Waals surface area contributed by atoms with E-state index in [-0.39, 0.29) is 0 Å². The van der Waals surface area contributed by atoms with E-state index >= 15 is 0 Å². The van der Waals surface area contributed by atoms with Gasteiger partial charge in [-0.15, -0.1) is 6.58 Å². The molecule has 0 aliphatic heterocycles. The molecule has 2 saturated carbocycles. The van der Waals surface area contributed by atoms with E-state index in [0.29, 0.717) is 0 Å². The topological polar surface area (TPSA) is 9.23 Å². The second-order valence-electron chi connectivity index (χ2n) is 8.21. The van der Waals surface area contributed by atoms with Crippen LogP contribution in [0, 0.1) is 23.7 Å². The minimum atomic E-state index is 0.835. The van der Waals surface area contributed by atoms with Crippen LogP contribution in [0.1, 0.15) is 90.4 Å². The molecule has 23 heavy (non-hydrogen) atoms. The van der Waals surface area contributed by atoms with Gasteiger partial charge in [-0.2, -0.15) is 0 Å². The third-order valence-corrected chi connectivity index (χ3v) is 6.49. The molecule has 1 nitrogen and oxygen atoms in total. The highest BCUT2D eigenvalue weighted by atomic mass is 16.5. The largest absolute Gasteiger partial charge is 0.381 e. The summed E-state index contributed by atoms with van der Waals surface area (Å²) >= 11 is 0. The first kappa shape index (κ1) is 19.0. The molecule has 2 fully saturated rings. The van der Waals surface area contributed by atoms with Crippen molar-refractivity contribution in [3.63, 3.8) is 0 Å². The highest BCUT2D eigenvalue weighted by Gasteiger charge is 2.30. The summed E-state index contributed by atoms with van der Waals surface area (Å²) in [7, 11) is 0. The lowest BCUT2D eigenvalue weighted by Gasteiger charge is -2.38. The zero-order chi connectivity index (χ0) is 16.3. The molecule has 134 valence electrons. The highest BCUT2D eigenvalue weighted by Crippen LogP contribution is 2.42. The number of hydrogen-bond donors (Lipinski definition) is 0. The molecule has 0 saturated heterocycles. The van der Waals surface area contributed by atoms with Crippen LogP contribution in [0.3, 0.4) is 0 Å². The van der Waals surface area contributed by atoms with Crippen LogP contribution in [0.4, 0.5) is 0 Å². The summed E-state index contributed by atoms with van der Waals surface area (Å²) in [5.74, 6) is 3.99. The lowest BCUT2D eigenvalue weighted by molar-refractivity contribution is 0.0667. The maximum atomic E-state index is 5.78. The predicted molar refractivity (Wildman–Crippen MR) is 101 cm³/mol. The molecular formula is C22H40O. The first-order valence-electron chi connectivity index (χ1n) is 10.5. The van der Waals surface area contributed by atoms with Gasteiger partial charge in [0.2, 0.25) is 0 Å². The molecule has 0 radical (unpaired) electrons. The van der Waals surface area contributed by atoms with Crippen LogP contribution in [0.2, 0.25) is 0 Å². The highest BCUT2D eigenvalue weighted by molar-refractivity contribution is 4.82. The van der Waals surface area contributed by atoms with Crippen LogP contribution in [0.15, 0.2) is 12.7 Å². The van der Waals surface area contributed by atoms with Gasteiger partial charge in [0.1, 0.15) is 0 Å². The van der Waals surface area contributed by atoms with E-state index in [1.54, 1.807) is 0 Å². The molecule has 0 unspecified atom stereocenters. The zero-order valence-electron chi connectivity index (χ0n) is 15.6. The van der Waals surface area contributed by atoms with E-state index in [4.69, 9.17) is 4.74 Å². The molecule has 2 aliphatic carbocycles. The molecule has 0 amide bonds. The minimum Gasteiger partial charge on any atom is -0.381 e. The van der Waals surface area contributed by atoms with Gasteiger partial charge >= 0.3 is 0 Å². The van der Waals surface area contributed by atoms with Crippen LogP contribution in [-0.4, -0.2) is 13.2 Å². The SMILES string of the molecule is C=CCCOCC1CCC([C@H]2CC[C@H](CCCCC)CC2)CC1. The van der Waals surface area contributed by atoms with E-state index in [2.05, 4.69) is 13.5 Å². The Hall–Kier alpha value is -0.300. The van der Waals surface area contributed by atoms with Crippen molar-refractivity contribution in [3.8, 4) is 0 Å². The van der Waals surface area contributed by atoms with Crippen molar-refractivity contribution in [3.05, 3.63) is 12.7 Å². The lowest BCUT2D eigenvalue weighted by Crippen LogP contribution is -2.27. The third-order valence-electron chi connectivity index (χ3n) is 6.49. The van der Waals surface area contributed by atoms with Gasteiger partial charge < -0.3 is 4.74 Å². The molecule has 2 aliphatic rings. The van der Waals surface area contributed by atoms with Crippen molar-refractivity contribution in [1.82, 2.24) is 0 Å². The van der Waals surface area contributed by atoms with Crippen LogP contribution >= 0.6 is 0 Å². The Balaban J connectivity index is 1.56. The van der Waals surface area contributed by atoms with Crippen molar-refractivity contribution < 1.29 is 4.74 Å². The summed E-state index contributed by atoms with van der Waals surface area (Å²) < 4.78 is 5.78. The molecule has 0 aromatic rings. The molecule has 0 bridgehead atoms. The molecular weight excluding hydrogens is 280 g/mol. The normalized spacial score (nSPS) is 31.9. The fourth-order valence-corrected chi connectivity index (χ4v) is 4.87. The van der Waals surface area contributed by atoms with Crippen LogP contribution in [0.5, 0.6) is 0 Å². The first-order valence-corrected chi connectivity index (χ1v) is 10.5. The zero-order valence-corrected chi connectivity index (χ0v) is 15.6. The maximum absolute atomic E-state index is 5.78. The minimum absolute atomic E-state index is 0.835. The molecule has 0 N–H and O–H groups in total. The van der Waals surface area contributed by atoms with Crippen LogP contribution < -0.4 is 0 Å². The summed E-state index contributed by atoms with van der Waals surface area (Å²) in [5.41, 5.74) is 0. The molecule has 2 rings (SSSR count). The number of ether oxygens (including phenoxy) is 1. The molecule has 0 aromatic carbocycles. The average molecular weight is 321 g/mol. The van der Waals surface area contributed by atoms with Gasteiger partial charge in [-0.05, 0) is 68.6 Å². The molecule has 0 atom stereocenters. The fourth-order valence-electron chi connectivity index (χ4n) is 4.87. The van der Waals surface area contributed by atoms with Gasteiger partial charge in [-0.25, -0.2) is 0 Å². The Labute approximate surface area is 145 Å². The maximum Gasteiger partial charge on any atom is 0.0500 e. The van der Waals surface area contributed by atoms with Gasteiger partial charge in [-0.1, -0.05) is 51.5 Å². The standard InChI is InChI=1S/C22H40O/c1-3-5-7-8-19-9-13-21(14-10-19)22-15-11-20(12-16-22)18-23-17-6-4-2/h4,19-22H,2-3,5-18H2,1H3/t19-,20?,21-,22?. The van der Waals surface area contributed by atoms with E-state index in [9.17, 15) is 0 Å². The Morgan fingerprint density at radius 3 is 2.04 bits per heavy atom. The van der Waals surface area contributed by atoms with Crippen molar-refractivity contribution in [2.24, 2.45) is 23.7 Å². The van der Waals surface area contributed by atoms with Crippen molar-refractivity contribution in [2.75, 3.05) is 13.2 Å². The molecule has 0 spiro atoms. The number of rotatable bonds is 10. The predicted octanol–water partition coefficient (Wildman–Crippen LogP) is 6.77. The van der Waals surface area contributed by atoms with Crippen LogP contribution in [0.25, 0.3) is 0 Å². The van der Waals surface area contributed by atoms with E-state index in [1.807, 2.05) is 6.08 Å². The summed E-state index contributed by atoms with van der Waals surface area (Å²) in [6.07, 6.45) is 20.6. The van der Waals surface area contributed by atoms with Gasteiger partial charge in [0.15, 0.2) is 0 Å². The monoisotopic (exact) mass is 320 g/mol. The summed E-state index contributed by atoms with van der Waals surface area (Å²) in [6, 6.07) is 0. The Morgan fingerprint density at radius 1 is 0.870 bits per heavy atom. The van der Waals surface area contributed by atoms with E-state index in [0.717, 1.165) is 43.3 Å². The first-order chi connectivity index (χ1) is 11.3. The Morgan fingerprint density at radius 2 is 1.48 bits per heavy atom. The number of hydrogen-bond acceptors (Lipinski definition) is 1. The van der Waals surface area contributed by atoms with Crippen molar-refractivity contribution >= 4 is 0 Å². The van der Waals surface area contributed by atoms with Gasteiger partial charge in [0.25, 0.3) is 0 Å². The summed E-state index contributed by atoms with van der Waals surface area (Å²) in [4.78, 5) is 0. The average Bonchev–Trinajstić information content (AvgIpc) is 2.60. The molecule has 0 aromatic heterocycles. The molecule has 1 heteroatoms. The summed E-state index contributed by atoms with van der Waals surface area (Å²) in [6.45, 7) is 7.93. The van der Waals surface area contributed by atoms with Crippen LogP contribution in [-0.2, 0) is 4.74 Å². The lowest BCUT2D eigenvalue weighted by atomic mass is 9.69. The smallest absolute Gasteiger partial charge is 0.0500 e. The third kappa shape index (κ3) is 6.99. The van der Waals surface area contributed by atoms with Gasteiger partial charge in [0, 0.05) is 6.61 Å². The second kappa shape index (κ2) is 11.3. The Kier molecular flexibility index (Phi) is 9.34. The van der Waals surface area contributed by atoms with E-state index < -0.39 is 0 Å². The van der Waals surface area contributed by atoms with Gasteiger partial charge in [0.05, 0.1) is 6.61 Å². The molecule has 0 heterocycles. The van der Waals surface area contributed by atoms with Crippen molar-refractivity contribution in [1.29, 1.82) is 0 Å². The van der Waals surface area contributed by atoms with E-state index in [1.165, 1.54) is 77.0 Å². The summed E-state index contributed by atoms with van der Waals surface area (Å²) in [5, 5.41) is 0. The quantitative estimate of drug-likeness (QED) is 0.319. The van der Waals surface area contributed by atoms with Crippen molar-refractivity contribution in [2.45, 2.75) is 90.4 Å². The fraction of sp³-hybridized carbons (Fsp3) is 0.909. The Bertz CT molecular complexity index is 295.